The van der Waals surface area contributed by atoms with Gasteiger partial charge in [0.1, 0.15) is 5.39 Å². The summed E-state index contributed by atoms with van der Waals surface area (Å²) in [5, 5.41) is 17.0. The summed E-state index contributed by atoms with van der Waals surface area (Å²) in [7, 11) is 0. The van der Waals surface area contributed by atoms with Crippen molar-refractivity contribution in [1.29, 1.82) is 5.26 Å². The molecule has 0 bridgehead atoms. The standard InChI is InChI=1S/C28H30N8O/c1-27(2,16-29)23-14-20(10-11-30-23)35-24-21(25(37)36(35)19-6-7-19)15-31-26(34-24)33-18-5-8-22-17(13-18)9-12-32-28(22,3)4/h5,8,10-11,13-15,19,32H,6-7,9,12H2,1-4H3,(H,31,33,34). The van der Waals surface area contributed by atoms with Gasteiger partial charge in [-0.15, -0.1) is 0 Å². The molecule has 188 valence electrons. The highest BCUT2D eigenvalue weighted by atomic mass is 16.1. The van der Waals surface area contributed by atoms with Crippen LogP contribution < -0.4 is 16.2 Å². The molecule has 9 heteroatoms. The van der Waals surface area contributed by atoms with Gasteiger partial charge in [-0.05, 0) is 88.9 Å². The smallest absolute Gasteiger partial charge is 0.278 e. The van der Waals surface area contributed by atoms with E-state index in [0.717, 1.165) is 37.2 Å². The van der Waals surface area contributed by atoms with Gasteiger partial charge >= 0.3 is 0 Å². The van der Waals surface area contributed by atoms with Crippen molar-refractivity contribution >= 4 is 22.7 Å². The summed E-state index contributed by atoms with van der Waals surface area (Å²) in [5.41, 5.74) is 4.50. The molecule has 1 aliphatic heterocycles. The average molecular weight is 495 g/mol. The van der Waals surface area contributed by atoms with E-state index in [4.69, 9.17) is 4.98 Å². The molecule has 4 heterocycles. The largest absolute Gasteiger partial charge is 0.324 e. The van der Waals surface area contributed by atoms with Crippen LogP contribution in [-0.4, -0.2) is 30.9 Å². The Balaban J connectivity index is 1.45. The van der Waals surface area contributed by atoms with Crippen LogP contribution in [0.25, 0.3) is 16.7 Å². The van der Waals surface area contributed by atoms with Gasteiger partial charge in [0, 0.05) is 23.6 Å². The molecule has 4 aromatic rings. The molecule has 0 saturated heterocycles. The molecule has 3 aromatic heterocycles. The minimum atomic E-state index is -0.762. The number of fused-ring (bicyclic) bond motifs is 2. The molecule has 0 radical (unpaired) electrons. The van der Waals surface area contributed by atoms with E-state index in [-0.39, 0.29) is 17.1 Å². The van der Waals surface area contributed by atoms with Crippen molar-refractivity contribution in [3.05, 3.63) is 69.9 Å². The second kappa shape index (κ2) is 8.25. The predicted octanol–water partition coefficient (Wildman–Crippen LogP) is 4.24. The monoisotopic (exact) mass is 494 g/mol. The number of pyridine rings is 1. The lowest BCUT2D eigenvalue weighted by molar-refractivity contribution is 0.382. The maximum atomic E-state index is 13.4. The van der Waals surface area contributed by atoms with Crippen LogP contribution in [0.15, 0.2) is 47.5 Å². The Hall–Kier alpha value is -4.03. The molecule has 0 unspecified atom stereocenters. The van der Waals surface area contributed by atoms with E-state index in [1.54, 1.807) is 17.1 Å². The zero-order chi connectivity index (χ0) is 25.9. The van der Waals surface area contributed by atoms with Crippen molar-refractivity contribution in [1.82, 2.24) is 29.6 Å². The lowest BCUT2D eigenvalue weighted by Crippen LogP contribution is -2.42. The molecule has 0 amide bonds. The average Bonchev–Trinajstić information content (AvgIpc) is 3.67. The van der Waals surface area contributed by atoms with Gasteiger partial charge in [-0.25, -0.2) is 14.3 Å². The molecular formula is C28H30N8O. The fourth-order valence-corrected chi connectivity index (χ4v) is 5.13. The Morgan fingerprint density at radius 1 is 1.19 bits per heavy atom. The molecule has 1 saturated carbocycles. The van der Waals surface area contributed by atoms with Gasteiger partial charge in [-0.2, -0.15) is 10.2 Å². The zero-order valence-electron chi connectivity index (χ0n) is 21.5. The Morgan fingerprint density at radius 3 is 2.76 bits per heavy atom. The second-order valence-corrected chi connectivity index (χ2v) is 11.1. The lowest BCUT2D eigenvalue weighted by Gasteiger charge is -2.34. The Bertz CT molecular complexity index is 1630. The number of rotatable bonds is 5. The number of hydrogen-bond acceptors (Lipinski definition) is 7. The molecular weight excluding hydrogens is 464 g/mol. The van der Waals surface area contributed by atoms with Crippen LogP contribution in [0.3, 0.4) is 0 Å². The molecule has 9 nitrogen and oxygen atoms in total. The first-order valence-corrected chi connectivity index (χ1v) is 12.7. The number of nitrogens with one attached hydrogen (secondary N) is 2. The lowest BCUT2D eigenvalue weighted by atomic mass is 9.85. The first kappa shape index (κ1) is 23.4. The fraction of sp³-hybridized carbons (Fsp3) is 0.393. The van der Waals surface area contributed by atoms with Gasteiger partial charge in [0.2, 0.25) is 5.95 Å². The van der Waals surface area contributed by atoms with Crippen LogP contribution in [0.4, 0.5) is 11.6 Å². The van der Waals surface area contributed by atoms with Crippen molar-refractivity contribution in [2.45, 2.75) is 64.0 Å². The number of hydrogen-bond donors (Lipinski definition) is 2. The summed E-state index contributed by atoms with van der Waals surface area (Å²) < 4.78 is 3.64. The maximum Gasteiger partial charge on any atom is 0.278 e. The summed E-state index contributed by atoms with van der Waals surface area (Å²) in [5.74, 6) is 0.425. The van der Waals surface area contributed by atoms with Gasteiger partial charge in [0.15, 0.2) is 5.65 Å². The van der Waals surface area contributed by atoms with Gasteiger partial charge < -0.3 is 10.6 Å². The second-order valence-electron chi connectivity index (χ2n) is 11.1. The van der Waals surface area contributed by atoms with E-state index >= 15 is 0 Å². The Labute approximate surface area is 215 Å². The molecule has 37 heavy (non-hydrogen) atoms. The van der Waals surface area contributed by atoms with Crippen LogP contribution in [0, 0.1) is 11.3 Å². The molecule has 6 rings (SSSR count). The third kappa shape index (κ3) is 3.98. The first-order chi connectivity index (χ1) is 17.7. The summed E-state index contributed by atoms with van der Waals surface area (Å²) >= 11 is 0. The van der Waals surface area contributed by atoms with Gasteiger partial charge in [-0.1, -0.05) is 6.07 Å². The highest BCUT2D eigenvalue weighted by molar-refractivity contribution is 5.77. The number of anilines is 2. The van der Waals surface area contributed by atoms with E-state index in [9.17, 15) is 10.1 Å². The molecule has 1 aromatic carbocycles. The highest BCUT2D eigenvalue weighted by Crippen LogP contribution is 2.36. The van der Waals surface area contributed by atoms with Crippen LogP contribution in [0.2, 0.25) is 0 Å². The normalized spacial score (nSPS) is 16.8. The van der Waals surface area contributed by atoms with Crippen molar-refractivity contribution < 1.29 is 0 Å². The third-order valence-electron chi connectivity index (χ3n) is 7.42. The van der Waals surface area contributed by atoms with E-state index in [0.29, 0.717) is 22.7 Å². The molecule has 1 aliphatic carbocycles. The minimum absolute atomic E-state index is 0.0627. The van der Waals surface area contributed by atoms with Crippen LogP contribution in [0.1, 0.15) is 63.4 Å². The van der Waals surface area contributed by atoms with Gasteiger partial charge in [0.05, 0.1) is 28.9 Å². The van der Waals surface area contributed by atoms with E-state index in [2.05, 4.69) is 52.7 Å². The van der Waals surface area contributed by atoms with Crippen molar-refractivity contribution in [2.75, 3.05) is 11.9 Å². The topological polar surface area (TPSA) is 113 Å². The molecule has 0 atom stereocenters. The highest BCUT2D eigenvalue weighted by Gasteiger charge is 2.32. The summed E-state index contributed by atoms with van der Waals surface area (Å²) in [6.45, 7) is 8.99. The number of nitriles is 1. The number of nitrogens with zero attached hydrogens (tertiary/aromatic N) is 6. The van der Waals surface area contributed by atoms with Crippen LogP contribution >= 0.6 is 0 Å². The molecule has 2 N–H and O–H groups in total. The molecule has 0 spiro atoms. The summed E-state index contributed by atoms with van der Waals surface area (Å²) in [4.78, 5) is 27.1. The quantitative estimate of drug-likeness (QED) is 0.427. The van der Waals surface area contributed by atoms with Gasteiger partial charge in [0.25, 0.3) is 5.56 Å². The fourth-order valence-electron chi connectivity index (χ4n) is 5.13. The van der Waals surface area contributed by atoms with Gasteiger partial charge in [-0.3, -0.25) is 9.78 Å². The minimum Gasteiger partial charge on any atom is -0.324 e. The van der Waals surface area contributed by atoms with Crippen LogP contribution in [-0.2, 0) is 17.4 Å². The Kier molecular flexibility index (Phi) is 5.21. The van der Waals surface area contributed by atoms with E-state index < -0.39 is 5.41 Å². The number of benzene rings is 1. The SMILES string of the molecule is CC(C)(C#N)c1cc(-n2c3nc(Nc4ccc5c(c4)CCNC5(C)C)ncc3c(=O)n2C2CC2)ccn1. The maximum absolute atomic E-state index is 13.4. The predicted molar refractivity (Wildman–Crippen MR) is 142 cm³/mol. The third-order valence-corrected chi connectivity index (χ3v) is 7.42. The summed E-state index contributed by atoms with van der Waals surface area (Å²) in [6, 6.07) is 12.5. The number of aromatic nitrogens is 5. The van der Waals surface area contributed by atoms with Crippen LogP contribution in [0.5, 0.6) is 0 Å². The van der Waals surface area contributed by atoms with E-state index in [1.807, 2.05) is 36.7 Å². The van der Waals surface area contributed by atoms with Crippen molar-refractivity contribution in [2.24, 2.45) is 0 Å². The summed E-state index contributed by atoms with van der Waals surface area (Å²) in [6.07, 6.45) is 6.13. The molecule has 2 aliphatic rings. The molecule has 1 fully saturated rings. The zero-order valence-corrected chi connectivity index (χ0v) is 21.5. The van der Waals surface area contributed by atoms with Crippen molar-refractivity contribution in [3.8, 4) is 11.8 Å². The first-order valence-electron chi connectivity index (χ1n) is 12.7. The van der Waals surface area contributed by atoms with E-state index in [1.165, 1.54) is 11.1 Å². The van der Waals surface area contributed by atoms with Crippen molar-refractivity contribution in [3.63, 3.8) is 0 Å². The Morgan fingerprint density at radius 2 is 2.00 bits per heavy atom.